The van der Waals surface area contributed by atoms with E-state index in [4.69, 9.17) is 8.83 Å². The van der Waals surface area contributed by atoms with Crippen molar-refractivity contribution >= 4 is 28.4 Å². The van der Waals surface area contributed by atoms with E-state index in [1.807, 2.05) is 54.6 Å². The van der Waals surface area contributed by atoms with Gasteiger partial charge in [-0.3, -0.25) is 4.79 Å². The first-order valence-electron chi connectivity index (χ1n) is 8.99. The molecule has 1 N–H and O–H groups in total. The average Bonchev–Trinajstić information content (AvgIpc) is 3.52. The van der Waals surface area contributed by atoms with Gasteiger partial charge < -0.3 is 13.8 Å². The lowest BCUT2D eigenvalue weighted by molar-refractivity contribution is 0.0990. The van der Waals surface area contributed by atoms with Crippen LogP contribution in [0.5, 0.6) is 0 Å². The van der Waals surface area contributed by atoms with Gasteiger partial charge in [0, 0.05) is 22.7 Å². The first kappa shape index (κ1) is 17.5. The minimum Gasteiger partial charge on any atom is -0.459 e. The molecule has 6 nitrogen and oxygen atoms in total. The molecule has 0 bridgehead atoms. The molecule has 0 saturated carbocycles. The summed E-state index contributed by atoms with van der Waals surface area (Å²) < 4.78 is 11.0. The Bertz CT molecular complexity index is 1260. The number of Topliss-reactive ketones (excluding diaryl/α,β-unsaturated/α-hetero) is 1. The third-order valence-corrected chi connectivity index (χ3v) is 5.64. The van der Waals surface area contributed by atoms with Crippen molar-refractivity contribution < 1.29 is 13.6 Å². The molecule has 0 amide bonds. The lowest BCUT2D eigenvalue weighted by atomic mass is 10.0. The van der Waals surface area contributed by atoms with Gasteiger partial charge in [0.1, 0.15) is 5.25 Å². The minimum absolute atomic E-state index is 0.0311. The van der Waals surface area contributed by atoms with Gasteiger partial charge in [0.05, 0.1) is 6.26 Å². The Hall–Kier alpha value is -3.58. The predicted molar refractivity (Wildman–Crippen MR) is 110 cm³/mol. The Morgan fingerprint density at radius 2 is 1.79 bits per heavy atom. The maximum atomic E-state index is 13.5. The molecule has 0 fully saturated rings. The zero-order chi connectivity index (χ0) is 19.6. The van der Waals surface area contributed by atoms with E-state index >= 15 is 0 Å². The monoisotopic (exact) mass is 401 g/mol. The van der Waals surface area contributed by atoms with E-state index in [1.165, 1.54) is 11.8 Å². The van der Waals surface area contributed by atoms with Crippen LogP contribution in [0.2, 0.25) is 0 Å². The predicted octanol–water partition coefficient (Wildman–Crippen LogP) is 5.53. The lowest BCUT2D eigenvalue weighted by Crippen LogP contribution is -2.09. The number of nitrogens with zero attached hydrogens (tertiary/aromatic N) is 2. The van der Waals surface area contributed by atoms with Gasteiger partial charge >= 0.3 is 0 Å². The molecule has 2 aromatic carbocycles. The third kappa shape index (κ3) is 3.36. The van der Waals surface area contributed by atoms with Crippen LogP contribution in [0.3, 0.4) is 0 Å². The van der Waals surface area contributed by atoms with Gasteiger partial charge in [0.25, 0.3) is 11.1 Å². The quantitative estimate of drug-likeness (QED) is 0.298. The van der Waals surface area contributed by atoms with Crippen molar-refractivity contribution in [3.8, 4) is 11.7 Å². The van der Waals surface area contributed by atoms with E-state index < -0.39 is 5.25 Å². The summed E-state index contributed by atoms with van der Waals surface area (Å²) in [6, 6.07) is 20.8. The van der Waals surface area contributed by atoms with Gasteiger partial charge in [0.2, 0.25) is 0 Å². The largest absolute Gasteiger partial charge is 0.459 e. The van der Waals surface area contributed by atoms with Crippen LogP contribution in [-0.2, 0) is 0 Å². The molecule has 0 spiro atoms. The van der Waals surface area contributed by atoms with Gasteiger partial charge in [-0.15, -0.1) is 10.2 Å². The second-order valence-electron chi connectivity index (χ2n) is 6.37. The summed E-state index contributed by atoms with van der Waals surface area (Å²) in [5.41, 5.74) is 2.42. The second-order valence-corrected chi connectivity index (χ2v) is 7.43. The Morgan fingerprint density at radius 1 is 0.966 bits per heavy atom. The highest BCUT2D eigenvalue weighted by Gasteiger charge is 2.28. The van der Waals surface area contributed by atoms with Crippen LogP contribution in [0, 0.1) is 0 Å². The number of hydrogen-bond donors (Lipinski definition) is 1. The van der Waals surface area contributed by atoms with Crippen LogP contribution in [0.15, 0.2) is 93.2 Å². The molecule has 142 valence electrons. The number of nitrogens with one attached hydrogen (secondary N) is 1. The second kappa shape index (κ2) is 7.44. The number of carbonyl (C=O) groups is 1. The number of carbonyl (C=O) groups excluding carboxylic acids is 1. The fourth-order valence-electron chi connectivity index (χ4n) is 3.18. The summed E-state index contributed by atoms with van der Waals surface area (Å²) in [6.07, 6.45) is 3.30. The van der Waals surface area contributed by atoms with Gasteiger partial charge in [-0.1, -0.05) is 48.5 Å². The van der Waals surface area contributed by atoms with E-state index in [0.717, 1.165) is 16.5 Å². The number of hydrogen-bond acceptors (Lipinski definition) is 6. The minimum atomic E-state index is -0.527. The lowest BCUT2D eigenvalue weighted by Gasteiger charge is -2.13. The van der Waals surface area contributed by atoms with Gasteiger partial charge in [-0.05, 0) is 35.5 Å². The molecule has 7 heteroatoms. The number of ketones is 1. The first-order valence-corrected chi connectivity index (χ1v) is 9.87. The van der Waals surface area contributed by atoms with Crippen LogP contribution < -0.4 is 0 Å². The molecule has 1 unspecified atom stereocenters. The third-order valence-electron chi connectivity index (χ3n) is 4.55. The molecule has 3 aromatic heterocycles. The van der Waals surface area contributed by atoms with E-state index in [-0.39, 0.29) is 11.7 Å². The van der Waals surface area contributed by atoms with Crippen LogP contribution in [-0.4, -0.2) is 21.0 Å². The normalized spacial score (nSPS) is 12.3. The molecule has 3 heterocycles. The number of benzene rings is 2. The summed E-state index contributed by atoms with van der Waals surface area (Å²) in [5.74, 6) is 0.740. The summed E-state index contributed by atoms with van der Waals surface area (Å²) >= 11 is 1.23. The molecule has 0 saturated heterocycles. The highest BCUT2D eigenvalue weighted by Crippen LogP contribution is 2.39. The van der Waals surface area contributed by atoms with E-state index in [1.54, 1.807) is 24.6 Å². The SMILES string of the molecule is O=C(c1c[nH]c2ccccc12)C(Sc1nnc(-c2ccco2)o1)c1ccccc1. The van der Waals surface area contributed by atoms with Crippen molar-refractivity contribution in [2.75, 3.05) is 0 Å². The van der Waals surface area contributed by atoms with Crippen molar-refractivity contribution in [2.45, 2.75) is 10.5 Å². The van der Waals surface area contributed by atoms with Gasteiger partial charge in [-0.25, -0.2) is 0 Å². The smallest absolute Gasteiger partial charge is 0.284 e. The molecule has 0 aliphatic rings. The maximum Gasteiger partial charge on any atom is 0.284 e. The molecule has 5 rings (SSSR count). The number of rotatable bonds is 6. The van der Waals surface area contributed by atoms with Crippen LogP contribution in [0.25, 0.3) is 22.6 Å². The molecule has 5 aromatic rings. The van der Waals surface area contributed by atoms with Crippen molar-refractivity contribution in [3.63, 3.8) is 0 Å². The Balaban J connectivity index is 1.51. The first-order chi connectivity index (χ1) is 14.3. The molecule has 0 radical (unpaired) electrons. The molecule has 29 heavy (non-hydrogen) atoms. The van der Waals surface area contributed by atoms with Crippen molar-refractivity contribution in [3.05, 3.63) is 90.3 Å². The molecule has 1 atom stereocenters. The van der Waals surface area contributed by atoms with Crippen molar-refractivity contribution in [2.24, 2.45) is 0 Å². The molecular formula is C22H15N3O3S. The maximum absolute atomic E-state index is 13.5. The number of para-hydroxylation sites is 1. The standard InChI is InChI=1S/C22H15N3O3S/c26-19(16-13-23-17-10-5-4-9-15(16)17)20(14-7-2-1-3-8-14)29-22-25-24-21(28-22)18-11-6-12-27-18/h1-13,20,23H. The number of H-pyrrole nitrogens is 1. The van der Waals surface area contributed by atoms with Crippen LogP contribution >= 0.6 is 11.8 Å². The summed E-state index contributed by atoms with van der Waals surface area (Å²) in [6.45, 7) is 0. The van der Waals surface area contributed by atoms with Crippen LogP contribution in [0.1, 0.15) is 21.2 Å². The van der Waals surface area contributed by atoms with Crippen LogP contribution in [0.4, 0.5) is 0 Å². The number of aromatic amines is 1. The number of aromatic nitrogens is 3. The molecule has 0 aliphatic carbocycles. The zero-order valence-corrected chi connectivity index (χ0v) is 15.9. The number of fused-ring (bicyclic) bond motifs is 1. The zero-order valence-electron chi connectivity index (χ0n) is 15.1. The molecular weight excluding hydrogens is 386 g/mol. The van der Waals surface area contributed by atoms with E-state index in [0.29, 0.717) is 16.5 Å². The molecule has 0 aliphatic heterocycles. The fraction of sp³-hybridized carbons (Fsp3) is 0.0455. The van der Waals surface area contributed by atoms with E-state index in [9.17, 15) is 4.79 Å². The van der Waals surface area contributed by atoms with Gasteiger partial charge in [0.15, 0.2) is 11.5 Å². The van der Waals surface area contributed by atoms with Crippen molar-refractivity contribution in [1.29, 1.82) is 0 Å². The fourth-order valence-corrected chi connectivity index (χ4v) is 4.12. The Labute approximate surface area is 170 Å². The Kier molecular flexibility index (Phi) is 4.50. The van der Waals surface area contributed by atoms with E-state index in [2.05, 4.69) is 15.2 Å². The highest BCUT2D eigenvalue weighted by atomic mass is 32.2. The summed E-state index contributed by atoms with van der Waals surface area (Å²) in [4.78, 5) is 16.7. The number of furan rings is 1. The van der Waals surface area contributed by atoms with Crippen molar-refractivity contribution in [1.82, 2.24) is 15.2 Å². The summed E-state index contributed by atoms with van der Waals surface area (Å²) in [5, 5.41) is 8.78. The average molecular weight is 401 g/mol. The Morgan fingerprint density at radius 3 is 2.62 bits per heavy atom. The highest BCUT2D eigenvalue weighted by molar-refractivity contribution is 8.00. The number of thioether (sulfide) groups is 1. The summed E-state index contributed by atoms with van der Waals surface area (Å²) in [7, 11) is 0. The van der Waals surface area contributed by atoms with Gasteiger partial charge in [-0.2, -0.15) is 0 Å². The topological polar surface area (TPSA) is 84.9 Å².